The molecule has 0 saturated carbocycles. The van der Waals surface area contributed by atoms with Crippen LogP contribution in [0.1, 0.15) is 21.6 Å². The van der Waals surface area contributed by atoms with Crippen LogP contribution in [0.2, 0.25) is 0 Å². The molecule has 0 saturated heterocycles. The minimum absolute atomic E-state index is 0.0114. The average Bonchev–Trinajstić information content (AvgIpc) is 2.90. The van der Waals surface area contributed by atoms with Crippen LogP contribution in [0.4, 0.5) is 0 Å². The number of nitrogens with one attached hydrogen (secondary N) is 1. The molecule has 2 aromatic carbocycles. The number of carbonyl (C=O) groups is 1. The molecule has 3 aromatic rings. The Morgan fingerprint density at radius 2 is 2.00 bits per heavy atom. The monoisotopic (exact) mass is 306 g/mol. The Balaban J connectivity index is 1.94. The molecule has 0 atom stereocenters. The van der Waals surface area contributed by atoms with Gasteiger partial charge in [0, 0.05) is 24.0 Å². The molecular formula is C19H18N2O2. The highest BCUT2D eigenvalue weighted by molar-refractivity contribution is 6.03. The standard InChI is InChI=1S/C19H18N2O2/c1-23-14-7-8-17-16(11-14)15-9-10-20-19(22)18(15)21(17)12-13-5-3-2-4-6-13/h2-8,11H,9-10,12H2,1H3,(H,20,22). The number of hydrogen-bond donors (Lipinski definition) is 1. The lowest BCUT2D eigenvalue weighted by Gasteiger charge is -2.16. The van der Waals surface area contributed by atoms with Crippen LogP contribution in [-0.4, -0.2) is 24.1 Å². The molecule has 116 valence electrons. The van der Waals surface area contributed by atoms with Crippen molar-refractivity contribution in [1.82, 2.24) is 9.88 Å². The molecule has 1 amide bonds. The second kappa shape index (κ2) is 5.47. The summed E-state index contributed by atoms with van der Waals surface area (Å²) in [6.07, 6.45) is 0.854. The molecule has 1 aromatic heterocycles. The summed E-state index contributed by atoms with van der Waals surface area (Å²) in [5, 5.41) is 4.08. The molecule has 0 aliphatic carbocycles. The van der Waals surface area contributed by atoms with Crippen LogP contribution >= 0.6 is 0 Å². The minimum atomic E-state index is 0.0114. The van der Waals surface area contributed by atoms with Gasteiger partial charge in [0.1, 0.15) is 11.4 Å². The number of rotatable bonds is 3. The minimum Gasteiger partial charge on any atom is -0.497 e. The van der Waals surface area contributed by atoms with Crippen molar-refractivity contribution in [2.45, 2.75) is 13.0 Å². The Bertz CT molecular complexity index is 881. The maximum Gasteiger partial charge on any atom is 0.268 e. The molecule has 0 radical (unpaired) electrons. The summed E-state index contributed by atoms with van der Waals surface area (Å²) in [5.41, 5.74) is 4.17. The molecule has 2 heterocycles. The van der Waals surface area contributed by atoms with E-state index in [9.17, 15) is 4.79 Å². The van der Waals surface area contributed by atoms with Gasteiger partial charge in [-0.15, -0.1) is 0 Å². The molecule has 1 aliphatic heterocycles. The fourth-order valence-electron chi connectivity index (χ4n) is 3.36. The highest BCUT2D eigenvalue weighted by Crippen LogP contribution is 2.32. The van der Waals surface area contributed by atoms with Gasteiger partial charge in [-0.3, -0.25) is 4.79 Å². The highest BCUT2D eigenvalue weighted by atomic mass is 16.5. The van der Waals surface area contributed by atoms with Crippen molar-refractivity contribution in [2.75, 3.05) is 13.7 Å². The number of fused-ring (bicyclic) bond motifs is 3. The fraction of sp³-hybridized carbons (Fsp3) is 0.211. The summed E-state index contributed by atoms with van der Waals surface area (Å²) in [6.45, 7) is 1.37. The first-order valence-corrected chi connectivity index (χ1v) is 7.79. The summed E-state index contributed by atoms with van der Waals surface area (Å²) in [4.78, 5) is 12.5. The van der Waals surface area contributed by atoms with Gasteiger partial charge in [-0.25, -0.2) is 0 Å². The zero-order chi connectivity index (χ0) is 15.8. The van der Waals surface area contributed by atoms with Crippen molar-refractivity contribution in [1.29, 1.82) is 0 Å². The van der Waals surface area contributed by atoms with Gasteiger partial charge in [-0.2, -0.15) is 0 Å². The Kier molecular flexibility index (Phi) is 3.30. The van der Waals surface area contributed by atoms with Crippen LogP contribution in [0.15, 0.2) is 48.5 Å². The van der Waals surface area contributed by atoms with Gasteiger partial charge in [0.2, 0.25) is 0 Å². The number of nitrogens with zero attached hydrogens (tertiary/aromatic N) is 1. The van der Waals surface area contributed by atoms with Crippen molar-refractivity contribution >= 4 is 16.8 Å². The summed E-state index contributed by atoms with van der Waals surface area (Å²) >= 11 is 0. The molecule has 4 rings (SSSR count). The summed E-state index contributed by atoms with van der Waals surface area (Å²) in [7, 11) is 1.67. The van der Waals surface area contributed by atoms with E-state index in [2.05, 4.69) is 22.0 Å². The van der Waals surface area contributed by atoms with E-state index in [4.69, 9.17) is 4.74 Å². The van der Waals surface area contributed by atoms with Crippen molar-refractivity contribution in [3.63, 3.8) is 0 Å². The third kappa shape index (κ3) is 2.27. The average molecular weight is 306 g/mol. The lowest BCUT2D eigenvalue weighted by molar-refractivity contribution is 0.0937. The van der Waals surface area contributed by atoms with Crippen LogP contribution < -0.4 is 10.1 Å². The van der Waals surface area contributed by atoms with E-state index >= 15 is 0 Å². The number of hydrogen-bond acceptors (Lipinski definition) is 2. The maximum atomic E-state index is 12.5. The van der Waals surface area contributed by atoms with Gasteiger partial charge < -0.3 is 14.6 Å². The molecule has 4 nitrogen and oxygen atoms in total. The number of benzene rings is 2. The summed E-state index contributed by atoms with van der Waals surface area (Å²) in [6, 6.07) is 16.3. The molecule has 0 unspecified atom stereocenters. The van der Waals surface area contributed by atoms with E-state index in [1.54, 1.807) is 7.11 Å². The molecule has 0 fully saturated rings. The number of ether oxygens (including phenoxy) is 1. The lowest BCUT2D eigenvalue weighted by atomic mass is 10.0. The van der Waals surface area contributed by atoms with Gasteiger partial charge in [-0.1, -0.05) is 30.3 Å². The van der Waals surface area contributed by atoms with E-state index in [1.165, 1.54) is 5.56 Å². The van der Waals surface area contributed by atoms with E-state index in [0.29, 0.717) is 13.1 Å². The summed E-state index contributed by atoms with van der Waals surface area (Å²) < 4.78 is 7.48. The fourth-order valence-corrected chi connectivity index (χ4v) is 3.36. The number of aromatic nitrogens is 1. The van der Waals surface area contributed by atoms with Crippen molar-refractivity contribution in [3.05, 3.63) is 65.4 Å². The highest BCUT2D eigenvalue weighted by Gasteiger charge is 2.26. The van der Waals surface area contributed by atoms with Crippen molar-refractivity contribution in [2.24, 2.45) is 0 Å². The zero-order valence-corrected chi connectivity index (χ0v) is 13.0. The maximum absolute atomic E-state index is 12.5. The van der Waals surface area contributed by atoms with E-state index in [0.717, 1.165) is 34.3 Å². The van der Waals surface area contributed by atoms with Crippen molar-refractivity contribution < 1.29 is 9.53 Å². The Hall–Kier alpha value is -2.75. The van der Waals surface area contributed by atoms with Crippen LogP contribution in [0, 0.1) is 0 Å². The second-order valence-electron chi connectivity index (χ2n) is 5.79. The lowest BCUT2D eigenvalue weighted by Crippen LogP contribution is -2.33. The number of methoxy groups -OCH3 is 1. The Labute approximate surface area is 134 Å². The predicted molar refractivity (Wildman–Crippen MR) is 90.1 cm³/mol. The first-order chi connectivity index (χ1) is 11.3. The molecule has 1 aliphatic rings. The van der Waals surface area contributed by atoms with E-state index < -0.39 is 0 Å². The largest absolute Gasteiger partial charge is 0.497 e. The first-order valence-electron chi connectivity index (χ1n) is 7.79. The molecule has 0 spiro atoms. The molecule has 4 heteroatoms. The quantitative estimate of drug-likeness (QED) is 0.808. The molecule has 23 heavy (non-hydrogen) atoms. The smallest absolute Gasteiger partial charge is 0.268 e. The van der Waals surface area contributed by atoms with Gasteiger partial charge in [0.25, 0.3) is 5.91 Å². The van der Waals surface area contributed by atoms with Crippen molar-refractivity contribution in [3.8, 4) is 5.75 Å². The second-order valence-corrected chi connectivity index (χ2v) is 5.79. The summed E-state index contributed by atoms with van der Waals surface area (Å²) in [5.74, 6) is 0.834. The number of carbonyl (C=O) groups excluding carboxylic acids is 1. The molecular weight excluding hydrogens is 288 g/mol. The third-order valence-corrected chi connectivity index (χ3v) is 4.43. The van der Waals surface area contributed by atoms with Crippen LogP contribution in [0.25, 0.3) is 10.9 Å². The topological polar surface area (TPSA) is 43.3 Å². The van der Waals surface area contributed by atoms with E-state index in [1.807, 2.05) is 36.4 Å². The molecule has 0 bridgehead atoms. The van der Waals surface area contributed by atoms with Crippen LogP contribution in [-0.2, 0) is 13.0 Å². The predicted octanol–water partition coefficient (Wildman–Crippen LogP) is 2.98. The number of amides is 1. The first kappa shape index (κ1) is 13.9. The Morgan fingerprint density at radius 1 is 1.17 bits per heavy atom. The van der Waals surface area contributed by atoms with Crippen LogP contribution in [0.3, 0.4) is 0 Å². The van der Waals surface area contributed by atoms with Gasteiger partial charge in [0.15, 0.2) is 0 Å². The van der Waals surface area contributed by atoms with Gasteiger partial charge in [0.05, 0.1) is 7.11 Å². The Morgan fingerprint density at radius 3 is 2.78 bits per heavy atom. The normalized spacial score (nSPS) is 13.7. The van der Waals surface area contributed by atoms with E-state index in [-0.39, 0.29) is 5.91 Å². The third-order valence-electron chi connectivity index (χ3n) is 4.43. The van der Waals surface area contributed by atoms with Gasteiger partial charge >= 0.3 is 0 Å². The zero-order valence-electron chi connectivity index (χ0n) is 13.0. The van der Waals surface area contributed by atoms with Gasteiger partial charge in [-0.05, 0) is 35.7 Å². The molecule has 1 N–H and O–H groups in total. The SMILES string of the molecule is COc1ccc2c(c1)c1c(n2Cc2ccccc2)C(=O)NCC1. The van der Waals surface area contributed by atoms with Crippen LogP contribution in [0.5, 0.6) is 5.75 Å².